The van der Waals surface area contributed by atoms with Gasteiger partial charge in [-0.3, -0.25) is 4.68 Å². The van der Waals surface area contributed by atoms with Crippen LogP contribution in [0.5, 0.6) is 0 Å². The van der Waals surface area contributed by atoms with E-state index in [4.69, 9.17) is 5.14 Å². The van der Waals surface area contributed by atoms with Crippen LogP contribution in [-0.4, -0.2) is 28.2 Å². The average Bonchev–Trinajstić information content (AvgIpc) is 3.03. The van der Waals surface area contributed by atoms with E-state index in [1.165, 1.54) is 6.07 Å². The van der Waals surface area contributed by atoms with E-state index in [1.54, 1.807) is 30.5 Å². The van der Waals surface area contributed by atoms with E-state index in [-0.39, 0.29) is 23.8 Å². The van der Waals surface area contributed by atoms with Crippen molar-refractivity contribution in [1.82, 2.24) is 19.7 Å². The Morgan fingerprint density at radius 2 is 1.84 bits per heavy atom. The second-order valence-electron chi connectivity index (χ2n) is 7.19. The zero-order valence-corrected chi connectivity index (χ0v) is 19.2. The molecule has 168 valence electrons. The third-order valence-corrected chi connectivity index (χ3v) is 6.05. The first-order valence-electron chi connectivity index (χ1n) is 9.65. The number of sulfonamides is 1. The molecule has 0 saturated heterocycles. The van der Waals surface area contributed by atoms with Crippen molar-refractivity contribution in [3.8, 4) is 0 Å². The number of hydrogen-bond acceptors (Lipinski definition) is 7. The number of halogens is 1. The molecule has 4 aromatic rings. The second kappa shape index (κ2) is 9.51. The first-order valence-corrected chi connectivity index (χ1v) is 11.2. The maximum absolute atomic E-state index is 11.7. The van der Waals surface area contributed by atoms with Crippen LogP contribution >= 0.6 is 12.4 Å². The van der Waals surface area contributed by atoms with Crippen molar-refractivity contribution in [2.24, 2.45) is 12.2 Å². The first kappa shape index (κ1) is 23.5. The van der Waals surface area contributed by atoms with Gasteiger partial charge in [-0.05, 0) is 36.2 Å². The van der Waals surface area contributed by atoms with Crippen LogP contribution in [0.4, 0.5) is 11.8 Å². The third-order valence-electron chi connectivity index (χ3n) is 5.04. The number of nitrogens with one attached hydrogen (secondary N) is 2. The summed E-state index contributed by atoms with van der Waals surface area (Å²) in [5, 5.41) is 17.3. The summed E-state index contributed by atoms with van der Waals surface area (Å²) < 4.78 is 25.4. The van der Waals surface area contributed by atoms with Gasteiger partial charge in [0.05, 0.1) is 10.4 Å². The Hall–Kier alpha value is -3.21. The summed E-state index contributed by atoms with van der Waals surface area (Å²) in [4.78, 5) is 8.72. The zero-order valence-electron chi connectivity index (χ0n) is 17.6. The highest BCUT2D eigenvalue weighted by Gasteiger charge is 2.13. The summed E-state index contributed by atoms with van der Waals surface area (Å²) in [5.41, 5.74) is 3.72. The van der Waals surface area contributed by atoms with Crippen LogP contribution in [-0.2, 0) is 30.2 Å². The number of nitrogens with zero attached hydrogens (tertiary/aromatic N) is 4. The van der Waals surface area contributed by atoms with Crippen molar-refractivity contribution < 1.29 is 8.42 Å². The molecule has 4 N–H and O–H groups in total. The molecule has 9 nitrogen and oxygen atoms in total. The van der Waals surface area contributed by atoms with E-state index in [1.807, 2.05) is 18.7 Å². The summed E-state index contributed by atoms with van der Waals surface area (Å²) >= 11 is 0. The second-order valence-corrected chi connectivity index (χ2v) is 8.72. The number of nitrogens with two attached hydrogens (primary N) is 1. The molecule has 0 aliphatic heterocycles. The van der Waals surface area contributed by atoms with Crippen molar-refractivity contribution in [1.29, 1.82) is 0 Å². The third kappa shape index (κ3) is 5.16. The van der Waals surface area contributed by atoms with Crippen molar-refractivity contribution >= 4 is 45.1 Å². The molecule has 32 heavy (non-hydrogen) atoms. The molecule has 0 atom stereocenters. The minimum atomic E-state index is -3.80. The van der Waals surface area contributed by atoms with Gasteiger partial charge in [-0.15, -0.1) is 12.4 Å². The predicted octanol–water partition coefficient (Wildman–Crippen LogP) is 2.97. The number of anilines is 2. The molecule has 0 aliphatic rings. The van der Waals surface area contributed by atoms with Crippen molar-refractivity contribution in [2.75, 3.05) is 10.6 Å². The van der Waals surface area contributed by atoms with E-state index in [0.29, 0.717) is 23.9 Å². The van der Waals surface area contributed by atoms with Gasteiger partial charge in [-0.1, -0.05) is 30.3 Å². The van der Waals surface area contributed by atoms with Crippen LogP contribution in [0.3, 0.4) is 0 Å². The molecule has 0 bridgehead atoms. The first-order chi connectivity index (χ1) is 14.8. The van der Waals surface area contributed by atoms with Gasteiger partial charge in [-0.25, -0.2) is 18.5 Å². The van der Waals surface area contributed by atoms with E-state index in [0.717, 1.165) is 22.2 Å². The van der Waals surface area contributed by atoms with Crippen LogP contribution in [0.15, 0.2) is 59.6 Å². The Balaban J connectivity index is 0.00000289. The standard InChI is InChI=1S/C21H23N7O2S.ClH/c1-14-17-8-7-15(11-18(17)27-28(14)2)12-24-20-9-10-23-21(26-20)25-13-16-5-3-4-6-19(16)31(22,29)30;/h3-11H,12-13H2,1-2H3,(H2,22,29,30)(H2,23,24,25,26);1H. The molecule has 0 saturated carbocycles. The molecule has 0 amide bonds. The van der Waals surface area contributed by atoms with Gasteiger partial charge in [0.25, 0.3) is 0 Å². The Labute approximate surface area is 192 Å². The normalized spacial score (nSPS) is 11.2. The summed E-state index contributed by atoms with van der Waals surface area (Å²) in [6, 6.07) is 14.5. The minimum absolute atomic E-state index is 0. The van der Waals surface area contributed by atoms with E-state index < -0.39 is 10.0 Å². The lowest BCUT2D eigenvalue weighted by Gasteiger charge is -2.10. The predicted molar refractivity (Wildman–Crippen MR) is 127 cm³/mol. The molecule has 2 aromatic carbocycles. The summed E-state index contributed by atoms with van der Waals surface area (Å²) in [7, 11) is -1.87. The molecule has 4 rings (SSSR count). The van der Waals surface area contributed by atoms with Gasteiger partial charge in [0, 0.05) is 37.4 Å². The average molecular weight is 474 g/mol. The van der Waals surface area contributed by atoms with E-state index in [9.17, 15) is 8.42 Å². The zero-order chi connectivity index (χ0) is 22.0. The van der Waals surface area contributed by atoms with Crippen LogP contribution in [0.2, 0.25) is 0 Å². The number of hydrogen-bond donors (Lipinski definition) is 3. The minimum Gasteiger partial charge on any atom is -0.366 e. The molecular formula is C21H24ClN7O2S. The van der Waals surface area contributed by atoms with Gasteiger partial charge in [0.1, 0.15) is 5.82 Å². The van der Waals surface area contributed by atoms with Crippen molar-refractivity contribution in [3.63, 3.8) is 0 Å². The molecule has 0 fully saturated rings. The fraction of sp³-hybridized carbons (Fsp3) is 0.190. The van der Waals surface area contributed by atoms with Crippen molar-refractivity contribution in [2.45, 2.75) is 24.9 Å². The van der Waals surface area contributed by atoms with Crippen LogP contribution in [0, 0.1) is 6.92 Å². The highest BCUT2D eigenvalue weighted by Crippen LogP contribution is 2.19. The highest BCUT2D eigenvalue weighted by molar-refractivity contribution is 7.89. The Bertz CT molecular complexity index is 1360. The maximum atomic E-state index is 11.7. The number of aromatic nitrogens is 4. The lowest BCUT2D eigenvalue weighted by Crippen LogP contribution is -2.16. The van der Waals surface area contributed by atoms with Gasteiger partial charge in [0.15, 0.2) is 0 Å². The number of benzene rings is 2. The van der Waals surface area contributed by atoms with E-state index in [2.05, 4.69) is 43.9 Å². The lowest BCUT2D eigenvalue weighted by molar-refractivity contribution is 0.596. The quantitative estimate of drug-likeness (QED) is 0.376. The molecule has 2 heterocycles. The van der Waals surface area contributed by atoms with Crippen LogP contribution in [0.1, 0.15) is 16.8 Å². The smallest absolute Gasteiger partial charge is 0.238 e. The SMILES string of the molecule is Cc1c2ccc(CNc3ccnc(NCc4ccccc4S(N)(=O)=O)n3)cc2nn1C.Cl. The topological polar surface area (TPSA) is 128 Å². The van der Waals surface area contributed by atoms with Gasteiger partial charge in [0.2, 0.25) is 16.0 Å². The number of rotatable bonds is 7. The largest absolute Gasteiger partial charge is 0.366 e. The molecule has 0 unspecified atom stereocenters. The van der Waals surface area contributed by atoms with Crippen LogP contribution < -0.4 is 15.8 Å². The lowest BCUT2D eigenvalue weighted by atomic mass is 10.1. The van der Waals surface area contributed by atoms with Crippen molar-refractivity contribution in [3.05, 3.63) is 71.5 Å². The fourth-order valence-electron chi connectivity index (χ4n) is 3.32. The Morgan fingerprint density at radius 3 is 2.62 bits per heavy atom. The number of fused-ring (bicyclic) bond motifs is 1. The molecule has 2 aromatic heterocycles. The summed E-state index contributed by atoms with van der Waals surface area (Å²) in [6.07, 6.45) is 1.63. The Kier molecular flexibility index (Phi) is 6.97. The molecule has 0 radical (unpaired) electrons. The monoisotopic (exact) mass is 473 g/mol. The molecule has 0 spiro atoms. The van der Waals surface area contributed by atoms with Crippen LogP contribution in [0.25, 0.3) is 10.9 Å². The highest BCUT2D eigenvalue weighted by atomic mass is 35.5. The fourth-order valence-corrected chi connectivity index (χ4v) is 4.10. The maximum Gasteiger partial charge on any atom is 0.238 e. The number of primary sulfonamides is 1. The summed E-state index contributed by atoms with van der Waals surface area (Å²) in [6.45, 7) is 2.85. The molecule has 11 heteroatoms. The summed E-state index contributed by atoms with van der Waals surface area (Å²) in [5.74, 6) is 1.03. The number of aryl methyl sites for hydroxylation is 2. The van der Waals surface area contributed by atoms with Gasteiger partial charge >= 0.3 is 0 Å². The molecular weight excluding hydrogens is 450 g/mol. The molecule has 0 aliphatic carbocycles. The van der Waals surface area contributed by atoms with Gasteiger partial charge < -0.3 is 10.6 Å². The Morgan fingerprint density at radius 1 is 1.06 bits per heavy atom. The van der Waals surface area contributed by atoms with Gasteiger partial charge in [-0.2, -0.15) is 10.1 Å². The van der Waals surface area contributed by atoms with E-state index >= 15 is 0 Å².